The van der Waals surface area contributed by atoms with E-state index >= 15 is 0 Å². The molecule has 3 rings (SSSR count). The maximum absolute atomic E-state index is 4.58. The van der Waals surface area contributed by atoms with E-state index in [4.69, 9.17) is 0 Å². The summed E-state index contributed by atoms with van der Waals surface area (Å²) in [5, 5.41) is 7.65. The van der Waals surface area contributed by atoms with Gasteiger partial charge in [-0.05, 0) is 24.3 Å². The van der Waals surface area contributed by atoms with E-state index in [1.54, 1.807) is 23.1 Å². The van der Waals surface area contributed by atoms with E-state index in [0.29, 0.717) is 11.9 Å². The van der Waals surface area contributed by atoms with Crippen LogP contribution in [0.4, 0.5) is 11.1 Å². The largest absolute Gasteiger partial charge is 0.361 e. The number of fused-ring (bicyclic) bond motifs is 1. The monoisotopic (exact) mass is 345 g/mol. The van der Waals surface area contributed by atoms with E-state index < -0.39 is 0 Å². The number of nitrogens with zero attached hydrogens (tertiary/aromatic N) is 3. The van der Waals surface area contributed by atoms with Gasteiger partial charge in [0.15, 0.2) is 5.13 Å². The van der Waals surface area contributed by atoms with Gasteiger partial charge >= 0.3 is 0 Å². The Morgan fingerprint density at radius 3 is 2.61 bits per heavy atom. The van der Waals surface area contributed by atoms with Crippen molar-refractivity contribution in [1.82, 2.24) is 15.0 Å². The molecule has 2 aromatic heterocycles. The summed E-state index contributed by atoms with van der Waals surface area (Å²) in [4.78, 5) is 14.2. The molecule has 7 heteroatoms. The van der Waals surface area contributed by atoms with Crippen LogP contribution in [0.1, 0.15) is 6.92 Å². The second kappa shape index (κ2) is 7.61. The minimum absolute atomic E-state index is 0.436. The number of hydrogen-bond acceptors (Lipinski definition) is 7. The lowest BCUT2D eigenvalue weighted by atomic mass is 10.2. The van der Waals surface area contributed by atoms with Crippen LogP contribution in [-0.4, -0.2) is 34.3 Å². The Kier molecular flexibility index (Phi) is 5.30. The normalized spacial score (nSPS) is 12.3. The maximum Gasteiger partial charge on any atom is 0.222 e. The second-order valence-corrected chi connectivity index (χ2v) is 7.21. The van der Waals surface area contributed by atoms with E-state index in [1.165, 1.54) is 4.70 Å². The molecule has 0 spiro atoms. The van der Waals surface area contributed by atoms with Crippen molar-refractivity contribution in [1.29, 1.82) is 0 Å². The van der Waals surface area contributed by atoms with Crippen LogP contribution < -0.4 is 10.6 Å². The Morgan fingerprint density at radius 2 is 1.87 bits per heavy atom. The number of thiazole rings is 1. The quantitative estimate of drug-likeness (QED) is 0.632. The molecular weight excluding hydrogens is 326 g/mol. The third kappa shape index (κ3) is 4.33. The molecule has 0 aliphatic heterocycles. The summed E-state index contributed by atoms with van der Waals surface area (Å²) in [5.41, 5.74) is 1.05. The van der Waals surface area contributed by atoms with Crippen LogP contribution in [0.25, 0.3) is 10.2 Å². The highest BCUT2D eigenvalue weighted by molar-refractivity contribution is 7.98. The Bertz CT molecular complexity index is 724. The molecule has 3 aromatic rings. The van der Waals surface area contributed by atoms with Gasteiger partial charge in [0.2, 0.25) is 5.95 Å². The van der Waals surface area contributed by atoms with E-state index in [-0.39, 0.29) is 0 Å². The SMILES string of the molecule is CSc1cnc(NCC(C)CNc2nc3ccccc3s2)nc1. The van der Waals surface area contributed by atoms with Gasteiger partial charge in [-0.3, -0.25) is 0 Å². The molecule has 0 aliphatic rings. The molecule has 1 aromatic carbocycles. The number of benzene rings is 1. The van der Waals surface area contributed by atoms with Gasteiger partial charge < -0.3 is 10.6 Å². The first-order valence-electron chi connectivity index (χ1n) is 7.44. The first-order valence-corrected chi connectivity index (χ1v) is 9.48. The van der Waals surface area contributed by atoms with Crippen molar-refractivity contribution in [3.8, 4) is 0 Å². The van der Waals surface area contributed by atoms with Gasteiger partial charge in [-0.15, -0.1) is 11.8 Å². The molecule has 0 radical (unpaired) electrons. The zero-order valence-corrected chi connectivity index (χ0v) is 14.7. The summed E-state index contributed by atoms with van der Waals surface area (Å²) in [6.07, 6.45) is 5.69. The number of rotatable bonds is 7. The molecule has 2 N–H and O–H groups in total. The lowest BCUT2D eigenvalue weighted by Gasteiger charge is -2.13. The predicted molar refractivity (Wildman–Crippen MR) is 99.6 cm³/mol. The van der Waals surface area contributed by atoms with Crippen LogP contribution in [0.5, 0.6) is 0 Å². The summed E-state index contributed by atoms with van der Waals surface area (Å²) in [6, 6.07) is 8.19. The molecule has 0 saturated carbocycles. The van der Waals surface area contributed by atoms with Crippen LogP contribution in [0.2, 0.25) is 0 Å². The molecule has 0 aliphatic carbocycles. The van der Waals surface area contributed by atoms with Gasteiger partial charge in [-0.2, -0.15) is 0 Å². The fraction of sp³-hybridized carbons (Fsp3) is 0.312. The number of anilines is 2. The van der Waals surface area contributed by atoms with Gasteiger partial charge in [-0.25, -0.2) is 15.0 Å². The first kappa shape index (κ1) is 16.0. The van der Waals surface area contributed by atoms with E-state index in [1.807, 2.05) is 36.8 Å². The van der Waals surface area contributed by atoms with Crippen LogP contribution in [-0.2, 0) is 0 Å². The standard InChI is InChI=1S/C16H19N5S2/c1-11(7-17-15-18-9-12(22-2)10-19-15)8-20-16-21-13-5-3-4-6-14(13)23-16/h3-6,9-11H,7-8H2,1-2H3,(H,20,21)(H,17,18,19). The zero-order chi connectivity index (χ0) is 16.1. The first-order chi connectivity index (χ1) is 11.2. The van der Waals surface area contributed by atoms with Gasteiger partial charge in [0.05, 0.1) is 10.2 Å². The average molecular weight is 345 g/mol. The molecule has 1 unspecified atom stereocenters. The van der Waals surface area contributed by atoms with Gasteiger partial charge in [-0.1, -0.05) is 30.4 Å². The van der Waals surface area contributed by atoms with Crippen molar-refractivity contribution < 1.29 is 0 Å². The number of thioether (sulfide) groups is 1. The van der Waals surface area contributed by atoms with E-state index in [2.05, 4.69) is 38.6 Å². The minimum Gasteiger partial charge on any atom is -0.361 e. The molecule has 5 nitrogen and oxygen atoms in total. The molecule has 0 saturated heterocycles. The zero-order valence-electron chi connectivity index (χ0n) is 13.1. The van der Waals surface area contributed by atoms with Gasteiger partial charge in [0.1, 0.15) is 0 Å². The summed E-state index contributed by atoms with van der Waals surface area (Å²) >= 11 is 3.33. The molecule has 0 amide bonds. The predicted octanol–water partition coefficient (Wildman–Crippen LogP) is 3.97. The number of nitrogens with one attached hydrogen (secondary N) is 2. The van der Waals surface area contributed by atoms with Crippen molar-refractivity contribution in [2.24, 2.45) is 5.92 Å². The molecule has 0 fully saturated rings. The Hall–Kier alpha value is -1.86. The fourth-order valence-corrected chi connectivity index (χ4v) is 3.25. The number of hydrogen-bond donors (Lipinski definition) is 2. The molecule has 23 heavy (non-hydrogen) atoms. The third-order valence-electron chi connectivity index (χ3n) is 3.37. The smallest absolute Gasteiger partial charge is 0.222 e. The van der Waals surface area contributed by atoms with E-state index in [0.717, 1.165) is 28.6 Å². The Labute approximate surface area is 144 Å². The van der Waals surface area contributed by atoms with Gasteiger partial charge in [0.25, 0.3) is 0 Å². The second-order valence-electron chi connectivity index (χ2n) is 5.30. The van der Waals surface area contributed by atoms with Gasteiger partial charge in [0, 0.05) is 30.4 Å². The highest BCUT2D eigenvalue weighted by atomic mass is 32.2. The van der Waals surface area contributed by atoms with Crippen molar-refractivity contribution >= 4 is 44.4 Å². The van der Waals surface area contributed by atoms with Crippen LogP contribution >= 0.6 is 23.1 Å². The van der Waals surface area contributed by atoms with Crippen molar-refractivity contribution in [3.63, 3.8) is 0 Å². The van der Waals surface area contributed by atoms with Crippen LogP contribution in [0, 0.1) is 5.92 Å². The van der Waals surface area contributed by atoms with Crippen molar-refractivity contribution in [2.75, 3.05) is 30.0 Å². The molecule has 0 bridgehead atoms. The fourth-order valence-electron chi connectivity index (χ4n) is 2.06. The summed E-state index contributed by atoms with van der Waals surface area (Å²) < 4.78 is 1.21. The highest BCUT2D eigenvalue weighted by Crippen LogP contribution is 2.25. The lowest BCUT2D eigenvalue weighted by molar-refractivity contribution is 0.645. The Morgan fingerprint density at radius 1 is 1.13 bits per heavy atom. The topological polar surface area (TPSA) is 62.7 Å². The molecule has 2 heterocycles. The lowest BCUT2D eigenvalue weighted by Crippen LogP contribution is -2.20. The maximum atomic E-state index is 4.58. The third-order valence-corrected chi connectivity index (χ3v) is 5.04. The number of aromatic nitrogens is 3. The number of para-hydroxylation sites is 1. The van der Waals surface area contributed by atoms with Crippen molar-refractivity contribution in [2.45, 2.75) is 11.8 Å². The average Bonchev–Trinajstić information content (AvgIpc) is 3.01. The summed E-state index contributed by atoms with van der Waals surface area (Å²) in [7, 11) is 0. The molecular formula is C16H19N5S2. The summed E-state index contributed by atoms with van der Waals surface area (Å²) in [6.45, 7) is 3.86. The highest BCUT2D eigenvalue weighted by Gasteiger charge is 2.06. The minimum atomic E-state index is 0.436. The summed E-state index contributed by atoms with van der Waals surface area (Å²) in [5.74, 6) is 1.11. The van der Waals surface area contributed by atoms with Crippen LogP contribution in [0.3, 0.4) is 0 Å². The van der Waals surface area contributed by atoms with Crippen LogP contribution in [0.15, 0.2) is 41.6 Å². The van der Waals surface area contributed by atoms with E-state index in [9.17, 15) is 0 Å². The Balaban J connectivity index is 1.47. The molecule has 1 atom stereocenters. The van der Waals surface area contributed by atoms with Crippen molar-refractivity contribution in [3.05, 3.63) is 36.7 Å². The molecule has 120 valence electrons.